The van der Waals surface area contributed by atoms with Gasteiger partial charge in [-0.1, -0.05) is 18.2 Å². The molecule has 0 spiro atoms. The number of amides is 1. The predicted octanol–water partition coefficient (Wildman–Crippen LogP) is 2.66. The number of carbonyl (C=O) groups is 1. The molecule has 2 saturated heterocycles. The van der Waals surface area contributed by atoms with E-state index in [-0.39, 0.29) is 17.6 Å². The van der Waals surface area contributed by atoms with Gasteiger partial charge in [0.25, 0.3) is 12.3 Å². The number of benzene rings is 1. The molecule has 3 heterocycles. The normalized spacial score (nSPS) is 26.5. The van der Waals surface area contributed by atoms with Gasteiger partial charge in [0.15, 0.2) is 5.69 Å². The summed E-state index contributed by atoms with van der Waals surface area (Å²) in [5.41, 5.74) is 0.805. The Morgan fingerprint density at radius 3 is 2.64 bits per heavy atom. The molecule has 2 aliphatic heterocycles. The lowest BCUT2D eigenvalue weighted by molar-refractivity contribution is 0.0874. The Bertz CT molecular complexity index is 776. The van der Waals surface area contributed by atoms with Gasteiger partial charge in [0, 0.05) is 23.5 Å². The zero-order valence-corrected chi connectivity index (χ0v) is 14.2. The highest BCUT2D eigenvalue weighted by molar-refractivity contribution is 6.05. The van der Waals surface area contributed by atoms with Gasteiger partial charge in [0.05, 0.1) is 5.52 Å². The lowest BCUT2D eigenvalue weighted by atomic mass is 9.98. The van der Waals surface area contributed by atoms with Crippen molar-refractivity contribution in [1.82, 2.24) is 20.0 Å². The molecule has 134 valence electrons. The number of para-hydroxylation sites is 1. The number of carbonyl (C=O) groups excluding carboxylic acids is 1. The van der Waals surface area contributed by atoms with Gasteiger partial charge in [-0.25, -0.2) is 8.78 Å². The minimum atomic E-state index is -2.51. The summed E-state index contributed by atoms with van der Waals surface area (Å²) in [6.45, 7) is -0.508. The van der Waals surface area contributed by atoms with Crippen molar-refractivity contribution in [1.29, 1.82) is 0 Å². The maximum absolute atomic E-state index is 12.8. The highest BCUT2D eigenvalue weighted by atomic mass is 19.3. The second kappa shape index (κ2) is 6.37. The number of rotatable bonds is 4. The van der Waals surface area contributed by atoms with Crippen molar-refractivity contribution in [3.8, 4) is 0 Å². The third-order valence-corrected chi connectivity index (χ3v) is 5.62. The first kappa shape index (κ1) is 16.4. The molecule has 0 saturated carbocycles. The molecule has 5 nitrogen and oxygen atoms in total. The summed E-state index contributed by atoms with van der Waals surface area (Å²) in [6, 6.07) is 8.22. The van der Waals surface area contributed by atoms with Crippen LogP contribution < -0.4 is 5.32 Å². The molecule has 0 radical (unpaired) electrons. The second-order valence-corrected chi connectivity index (χ2v) is 7.13. The molecule has 2 fully saturated rings. The number of halogens is 2. The standard InChI is InChI=1S/C18H22F2N4O/c1-23-12-6-7-13(23)9-11(8-12)21-18(25)17-14-4-2-3-5-15(14)24(22-17)10-16(19)20/h2-5,11-13,16H,6-10H2,1H3,(H,21,25)/t11-,12-,13+. The number of alkyl halides is 2. The molecule has 2 aliphatic rings. The summed E-state index contributed by atoms with van der Waals surface area (Å²) in [4.78, 5) is 15.2. The molecule has 7 heteroatoms. The van der Waals surface area contributed by atoms with Gasteiger partial charge >= 0.3 is 0 Å². The molecule has 0 aliphatic carbocycles. The Morgan fingerprint density at radius 2 is 1.96 bits per heavy atom. The van der Waals surface area contributed by atoms with Crippen LogP contribution in [0.3, 0.4) is 0 Å². The zero-order chi connectivity index (χ0) is 17.6. The van der Waals surface area contributed by atoms with Crippen molar-refractivity contribution in [2.45, 2.75) is 56.8 Å². The van der Waals surface area contributed by atoms with Crippen molar-refractivity contribution in [3.63, 3.8) is 0 Å². The lowest BCUT2D eigenvalue weighted by Crippen LogP contribution is -2.48. The van der Waals surface area contributed by atoms with Crippen molar-refractivity contribution in [3.05, 3.63) is 30.0 Å². The first-order valence-electron chi connectivity index (χ1n) is 8.79. The number of nitrogens with one attached hydrogen (secondary N) is 1. The van der Waals surface area contributed by atoms with Crippen molar-refractivity contribution < 1.29 is 13.6 Å². The Balaban J connectivity index is 1.56. The highest BCUT2D eigenvalue weighted by Gasteiger charge is 2.39. The molecule has 25 heavy (non-hydrogen) atoms. The predicted molar refractivity (Wildman–Crippen MR) is 90.8 cm³/mol. The van der Waals surface area contributed by atoms with Crippen LogP contribution in [0.25, 0.3) is 10.9 Å². The van der Waals surface area contributed by atoms with Gasteiger partial charge in [-0.3, -0.25) is 9.48 Å². The van der Waals surface area contributed by atoms with Crippen LogP contribution in [-0.2, 0) is 6.54 Å². The zero-order valence-electron chi connectivity index (χ0n) is 14.2. The van der Waals surface area contributed by atoms with Crippen molar-refractivity contribution in [2.24, 2.45) is 0 Å². The molecular weight excluding hydrogens is 326 g/mol. The molecule has 1 aromatic heterocycles. The molecular formula is C18H22F2N4O. The molecule has 3 atom stereocenters. The first-order valence-corrected chi connectivity index (χ1v) is 8.79. The van der Waals surface area contributed by atoms with Gasteiger partial charge in [0.2, 0.25) is 0 Å². The maximum Gasteiger partial charge on any atom is 0.272 e. The van der Waals surface area contributed by atoms with Crippen LogP contribution in [0.15, 0.2) is 24.3 Å². The molecule has 2 bridgehead atoms. The summed E-state index contributed by atoms with van der Waals surface area (Å²) in [7, 11) is 2.15. The van der Waals surface area contributed by atoms with Crippen LogP contribution in [0.2, 0.25) is 0 Å². The fourth-order valence-corrected chi connectivity index (χ4v) is 4.35. The Kier molecular flexibility index (Phi) is 4.19. The number of hydrogen-bond donors (Lipinski definition) is 1. The third-order valence-electron chi connectivity index (χ3n) is 5.62. The third kappa shape index (κ3) is 3.01. The minimum Gasteiger partial charge on any atom is -0.348 e. The Hall–Kier alpha value is -2.02. The largest absolute Gasteiger partial charge is 0.348 e. The van der Waals surface area contributed by atoms with Crippen LogP contribution >= 0.6 is 0 Å². The second-order valence-electron chi connectivity index (χ2n) is 7.13. The van der Waals surface area contributed by atoms with E-state index in [4.69, 9.17) is 0 Å². The smallest absolute Gasteiger partial charge is 0.272 e. The number of aromatic nitrogens is 2. The van der Waals surface area contributed by atoms with Crippen LogP contribution in [0.1, 0.15) is 36.2 Å². The van der Waals surface area contributed by atoms with E-state index < -0.39 is 13.0 Å². The summed E-state index contributed by atoms with van der Waals surface area (Å²) in [5, 5.41) is 7.89. The van der Waals surface area contributed by atoms with E-state index in [1.54, 1.807) is 24.3 Å². The van der Waals surface area contributed by atoms with Crippen molar-refractivity contribution >= 4 is 16.8 Å². The van der Waals surface area contributed by atoms with Gasteiger partial charge in [0.1, 0.15) is 6.54 Å². The molecule has 1 aromatic carbocycles. The average Bonchev–Trinajstić information content (AvgIpc) is 3.01. The van der Waals surface area contributed by atoms with Crippen molar-refractivity contribution in [2.75, 3.05) is 7.05 Å². The van der Waals surface area contributed by atoms with E-state index in [0.717, 1.165) is 12.8 Å². The summed E-state index contributed by atoms with van der Waals surface area (Å²) in [6.07, 6.45) is 1.73. The number of fused-ring (bicyclic) bond motifs is 3. The topological polar surface area (TPSA) is 50.2 Å². The fraction of sp³-hybridized carbons (Fsp3) is 0.556. The summed E-state index contributed by atoms with van der Waals surface area (Å²) < 4.78 is 26.8. The number of hydrogen-bond acceptors (Lipinski definition) is 3. The van der Waals surface area contributed by atoms with Crippen LogP contribution in [0, 0.1) is 0 Å². The number of nitrogens with zero attached hydrogens (tertiary/aromatic N) is 3. The SMILES string of the molecule is CN1[C@@H]2CC[C@H]1C[C@H](NC(=O)c1nn(CC(F)F)c3ccccc13)C2. The molecule has 0 unspecified atom stereocenters. The Labute approximate surface area is 145 Å². The van der Waals surface area contributed by atoms with E-state index in [1.807, 2.05) is 0 Å². The molecule has 4 rings (SSSR count). The van der Waals surface area contributed by atoms with E-state index >= 15 is 0 Å². The Morgan fingerprint density at radius 1 is 1.28 bits per heavy atom. The fourth-order valence-electron chi connectivity index (χ4n) is 4.35. The number of piperidine rings is 1. The van der Waals surface area contributed by atoms with Crippen LogP contribution in [0.5, 0.6) is 0 Å². The molecule has 1 N–H and O–H groups in total. The monoisotopic (exact) mass is 348 g/mol. The molecule has 1 amide bonds. The summed E-state index contributed by atoms with van der Waals surface area (Å²) >= 11 is 0. The quantitative estimate of drug-likeness (QED) is 0.924. The van der Waals surface area contributed by atoms with E-state index in [1.165, 1.54) is 17.5 Å². The lowest BCUT2D eigenvalue weighted by Gasteiger charge is -2.36. The highest BCUT2D eigenvalue weighted by Crippen LogP contribution is 2.34. The summed E-state index contributed by atoms with van der Waals surface area (Å²) in [5.74, 6) is -0.266. The van der Waals surface area contributed by atoms with E-state index in [9.17, 15) is 13.6 Å². The van der Waals surface area contributed by atoms with Gasteiger partial charge < -0.3 is 10.2 Å². The minimum absolute atomic E-state index is 0.125. The van der Waals surface area contributed by atoms with Gasteiger partial charge in [-0.05, 0) is 38.8 Å². The van der Waals surface area contributed by atoms with Crippen LogP contribution in [-0.4, -0.2) is 52.2 Å². The van der Waals surface area contributed by atoms with E-state index in [0.29, 0.717) is 23.0 Å². The molecule has 2 aromatic rings. The maximum atomic E-state index is 12.8. The first-order chi connectivity index (χ1) is 12.0. The van der Waals surface area contributed by atoms with Crippen LogP contribution in [0.4, 0.5) is 8.78 Å². The average molecular weight is 348 g/mol. The van der Waals surface area contributed by atoms with E-state index in [2.05, 4.69) is 22.4 Å². The van der Waals surface area contributed by atoms with Gasteiger partial charge in [-0.2, -0.15) is 5.10 Å². The van der Waals surface area contributed by atoms with Gasteiger partial charge in [-0.15, -0.1) is 0 Å².